The highest BCUT2D eigenvalue weighted by molar-refractivity contribution is 6.33. The van der Waals surface area contributed by atoms with Gasteiger partial charge < -0.3 is 20.2 Å². The number of H-pyrrole nitrogens is 1. The zero-order chi connectivity index (χ0) is 23.8. The Kier molecular flexibility index (Phi) is 8.57. The number of carbonyl (C=O) groups excluding carboxylic acids is 1. The topological polar surface area (TPSA) is 120 Å². The second-order valence-electron chi connectivity index (χ2n) is 7.65. The number of primary amides is 1. The highest BCUT2D eigenvalue weighted by atomic mass is 35.5. The SMILES string of the molecule is CCCOCCOc1ccc(-c2cc(=O)[nH]c(-c3cc(CC(C)C(N)=O)ccc3Cl)n2)cn1. The number of carbonyl (C=O) groups is 1. The zero-order valence-electron chi connectivity index (χ0n) is 18.6. The number of nitrogens with zero attached hydrogens (tertiary/aromatic N) is 2. The lowest BCUT2D eigenvalue weighted by atomic mass is 9.99. The van der Waals surface area contributed by atoms with E-state index >= 15 is 0 Å². The number of hydrogen-bond acceptors (Lipinski definition) is 6. The Hall–Kier alpha value is -3.23. The fraction of sp³-hybridized carbons (Fsp3) is 0.333. The Balaban J connectivity index is 1.81. The average molecular weight is 471 g/mol. The van der Waals surface area contributed by atoms with Crippen LogP contribution in [0.15, 0.2) is 47.4 Å². The van der Waals surface area contributed by atoms with Crippen LogP contribution in [0.3, 0.4) is 0 Å². The molecule has 8 nitrogen and oxygen atoms in total. The van der Waals surface area contributed by atoms with E-state index in [4.69, 9.17) is 26.8 Å². The molecule has 0 aliphatic rings. The molecule has 0 spiro atoms. The van der Waals surface area contributed by atoms with Gasteiger partial charge in [0.15, 0.2) is 0 Å². The molecule has 1 unspecified atom stereocenters. The van der Waals surface area contributed by atoms with Gasteiger partial charge in [-0.3, -0.25) is 9.59 Å². The molecule has 0 radical (unpaired) electrons. The molecule has 0 saturated heterocycles. The van der Waals surface area contributed by atoms with Crippen LogP contribution in [-0.4, -0.2) is 40.7 Å². The van der Waals surface area contributed by atoms with Gasteiger partial charge in [-0.25, -0.2) is 9.97 Å². The molecular formula is C24H27ClN4O4. The van der Waals surface area contributed by atoms with Crippen molar-refractivity contribution in [1.29, 1.82) is 0 Å². The zero-order valence-corrected chi connectivity index (χ0v) is 19.4. The number of benzene rings is 1. The van der Waals surface area contributed by atoms with Gasteiger partial charge in [0.2, 0.25) is 11.8 Å². The van der Waals surface area contributed by atoms with Gasteiger partial charge in [-0.05, 0) is 36.6 Å². The molecule has 1 atom stereocenters. The summed E-state index contributed by atoms with van der Waals surface area (Å²) in [5.74, 6) is 0.0727. The van der Waals surface area contributed by atoms with E-state index in [2.05, 4.69) is 15.0 Å². The van der Waals surface area contributed by atoms with Crippen molar-refractivity contribution in [2.75, 3.05) is 19.8 Å². The maximum absolute atomic E-state index is 12.4. The van der Waals surface area contributed by atoms with Crippen molar-refractivity contribution in [2.45, 2.75) is 26.7 Å². The Morgan fingerprint density at radius 3 is 2.70 bits per heavy atom. The highest BCUT2D eigenvalue weighted by Crippen LogP contribution is 2.28. The second-order valence-corrected chi connectivity index (χ2v) is 8.05. The quantitative estimate of drug-likeness (QED) is 0.413. The van der Waals surface area contributed by atoms with Crippen molar-refractivity contribution >= 4 is 17.5 Å². The largest absolute Gasteiger partial charge is 0.475 e. The molecule has 2 heterocycles. The number of ether oxygens (including phenoxy) is 2. The fourth-order valence-corrected chi connectivity index (χ4v) is 3.34. The second kappa shape index (κ2) is 11.6. The summed E-state index contributed by atoms with van der Waals surface area (Å²) < 4.78 is 10.9. The van der Waals surface area contributed by atoms with Gasteiger partial charge in [0, 0.05) is 42.0 Å². The lowest BCUT2D eigenvalue weighted by Gasteiger charge is -2.11. The molecule has 174 valence electrons. The molecule has 33 heavy (non-hydrogen) atoms. The van der Waals surface area contributed by atoms with Crippen LogP contribution in [0.25, 0.3) is 22.6 Å². The van der Waals surface area contributed by atoms with E-state index in [0.717, 1.165) is 12.0 Å². The van der Waals surface area contributed by atoms with E-state index in [-0.39, 0.29) is 17.4 Å². The summed E-state index contributed by atoms with van der Waals surface area (Å²) in [6.45, 7) is 5.40. The summed E-state index contributed by atoms with van der Waals surface area (Å²) in [4.78, 5) is 35.4. The molecule has 3 rings (SSSR count). The molecule has 3 N–H and O–H groups in total. The van der Waals surface area contributed by atoms with Crippen molar-refractivity contribution in [2.24, 2.45) is 11.7 Å². The Morgan fingerprint density at radius 2 is 2.00 bits per heavy atom. The Morgan fingerprint density at radius 1 is 1.18 bits per heavy atom. The molecule has 0 fully saturated rings. The molecular weight excluding hydrogens is 444 g/mol. The van der Waals surface area contributed by atoms with Gasteiger partial charge in [-0.1, -0.05) is 31.5 Å². The summed E-state index contributed by atoms with van der Waals surface area (Å²) in [6.07, 6.45) is 3.01. The van der Waals surface area contributed by atoms with E-state index in [9.17, 15) is 9.59 Å². The minimum atomic E-state index is -0.381. The minimum Gasteiger partial charge on any atom is -0.475 e. The molecule has 3 aromatic rings. The minimum absolute atomic E-state index is 0.324. The number of nitrogens with two attached hydrogens (primary N) is 1. The van der Waals surface area contributed by atoms with Crippen LogP contribution in [0.2, 0.25) is 5.02 Å². The van der Waals surface area contributed by atoms with Gasteiger partial charge in [0.05, 0.1) is 17.3 Å². The first kappa shape index (κ1) is 24.4. The summed E-state index contributed by atoms with van der Waals surface area (Å²) in [7, 11) is 0. The third kappa shape index (κ3) is 6.87. The predicted octanol–water partition coefficient (Wildman–Crippen LogP) is 3.62. The monoisotopic (exact) mass is 470 g/mol. The lowest BCUT2D eigenvalue weighted by molar-refractivity contribution is -0.121. The molecule has 0 aliphatic carbocycles. The first-order valence-corrected chi connectivity index (χ1v) is 11.1. The Labute approximate surface area is 197 Å². The number of pyridine rings is 1. The maximum atomic E-state index is 12.4. The van der Waals surface area contributed by atoms with Crippen LogP contribution >= 0.6 is 11.6 Å². The average Bonchev–Trinajstić information content (AvgIpc) is 2.80. The normalized spacial score (nSPS) is 11.8. The highest BCUT2D eigenvalue weighted by Gasteiger charge is 2.14. The van der Waals surface area contributed by atoms with Gasteiger partial charge in [-0.15, -0.1) is 0 Å². The van der Waals surface area contributed by atoms with Crippen molar-refractivity contribution in [3.05, 3.63) is 63.5 Å². The van der Waals surface area contributed by atoms with Crippen LogP contribution < -0.4 is 16.0 Å². The molecule has 1 aromatic carbocycles. The summed E-state index contributed by atoms with van der Waals surface area (Å²) >= 11 is 6.39. The number of hydrogen-bond donors (Lipinski definition) is 2. The maximum Gasteiger partial charge on any atom is 0.251 e. The lowest BCUT2D eigenvalue weighted by Crippen LogP contribution is -2.22. The molecule has 0 bridgehead atoms. The number of aromatic amines is 1. The number of halogens is 1. The van der Waals surface area contributed by atoms with E-state index < -0.39 is 0 Å². The molecule has 0 saturated carbocycles. The summed E-state index contributed by atoms with van der Waals surface area (Å²) in [5.41, 5.74) is 7.58. The number of amides is 1. The molecule has 2 aromatic heterocycles. The van der Waals surface area contributed by atoms with Gasteiger partial charge in [0.1, 0.15) is 12.4 Å². The van der Waals surface area contributed by atoms with E-state index in [1.54, 1.807) is 37.4 Å². The number of nitrogens with one attached hydrogen (secondary N) is 1. The standard InChI is InChI=1S/C24H27ClN4O4/c1-3-8-32-9-10-33-22-7-5-17(14-27-22)20-13-21(30)29-24(28-20)18-12-16(4-6-19(18)25)11-15(2)23(26)31/h4-7,12-15H,3,8-11H2,1-2H3,(H2,26,31)(H,28,29,30). The van der Waals surface area contributed by atoms with Crippen LogP contribution in [0.4, 0.5) is 0 Å². The van der Waals surface area contributed by atoms with E-state index in [1.807, 2.05) is 13.0 Å². The summed E-state index contributed by atoms with van der Waals surface area (Å²) in [6, 6.07) is 10.2. The van der Waals surface area contributed by atoms with E-state index in [1.165, 1.54) is 6.07 Å². The van der Waals surface area contributed by atoms with Crippen molar-refractivity contribution in [3.63, 3.8) is 0 Å². The van der Waals surface area contributed by atoms with E-state index in [0.29, 0.717) is 59.8 Å². The van der Waals surface area contributed by atoms with Gasteiger partial charge in [-0.2, -0.15) is 0 Å². The molecule has 0 aliphatic heterocycles. The smallest absolute Gasteiger partial charge is 0.251 e. The van der Waals surface area contributed by atoms with Gasteiger partial charge >= 0.3 is 0 Å². The van der Waals surface area contributed by atoms with Crippen molar-refractivity contribution in [1.82, 2.24) is 15.0 Å². The van der Waals surface area contributed by atoms with Crippen LogP contribution in [0.1, 0.15) is 25.8 Å². The third-order valence-corrected chi connectivity index (χ3v) is 5.24. The number of rotatable bonds is 11. The molecule has 1 amide bonds. The summed E-state index contributed by atoms with van der Waals surface area (Å²) in [5, 5.41) is 0.429. The third-order valence-electron chi connectivity index (χ3n) is 4.91. The van der Waals surface area contributed by atoms with Gasteiger partial charge in [0.25, 0.3) is 5.56 Å². The van der Waals surface area contributed by atoms with Crippen molar-refractivity contribution < 1.29 is 14.3 Å². The van der Waals surface area contributed by atoms with Crippen LogP contribution in [0.5, 0.6) is 5.88 Å². The fourth-order valence-electron chi connectivity index (χ4n) is 3.14. The first-order valence-electron chi connectivity index (χ1n) is 10.7. The van der Waals surface area contributed by atoms with Crippen LogP contribution in [0, 0.1) is 5.92 Å². The number of aromatic nitrogens is 3. The van der Waals surface area contributed by atoms with Crippen LogP contribution in [-0.2, 0) is 16.0 Å². The van der Waals surface area contributed by atoms with Crippen molar-refractivity contribution in [3.8, 4) is 28.5 Å². The Bertz CT molecular complexity index is 1150. The molecule has 9 heteroatoms. The first-order chi connectivity index (χ1) is 15.9. The predicted molar refractivity (Wildman–Crippen MR) is 127 cm³/mol.